The molecule has 9 aromatic carbocycles. The van der Waals surface area contributed by atoms with Crippen LogP contribution in [0.15, 0.2) is 249 Å². The first-order chi connectivity index (χ1) is 38.2. The molecule has 17 heteroatoms. The smallest absolute Gasteiger partial charge is 0.311 e. The molecule has 0 bridgehead atoms. The summed E-state index contributed by atoms with van der Waals surface area (Å²) in [4.78, 5) is 16.7. The second kappa shape index (κ2) is 21.2. The third-order valence-corrected chi connectivity index (χ3v) is 13.7. The van der Waals surface area contributed by atoms with E-state index in [2.05, 4.69) is 15.0 Å². The van der Waals surface area contributed by atoms with Gasteiger partial charge < -0.3 is 9.80 Å². The van der Waals surface area contributed by atoms with Crippen molar-refractivity contribution in [2.75, 3.05) is 9.80 Å². The van der Waals surface area contributed by atoms with Crippen LogP contribution in [-0.2, 0) is 10.8 Å². The second-order valence-corrected chi connectivity index (χ2v) is 18.4. The molecule has 5 nitrogen and oxygen atoms in total. The third-order valence-electron chi connectivity index (χ3n) is 13.7. The standard InChI is InChI=1S/C63H41F12N5/c64-60(65,66)58(61(67,68)69,47-34-38-53(39-35-47)79(49-18-8-2-9-19-49)50-20-10-3-11-21-50)45-30-26-43(27-31-45)56-76-55(42-16-6-1-7-17-42)77-57(78-56)44-28-32-46(33-29-44)59(62(70,71)72,63(73,74)75)48-36-40-54(41-37-48)80(51-22-12-4-13-23-51)52-24-14-5-15-25-52/h1-41H. The number of alkyl halides is 12. The van der Waals surface area contributed by atoms with E-state index in [0.29, 0.717) is 52.6 Å². The van der Waals surface area contributed by atoms with Gasteiger partial charge in [0.05, 0.1) is 0 Å². The second-order valence-electron chi connectivity index (χ2n) is 18.4. The number of anilines is 6. The Balaban J connectivity index is 1.03. The highest BCUT2D eigenvalue weighted by Crippen LogP contribution is 2.58. The fourth-order valence-electron chi connectivity index (χ4n) is 9.98. The predicted molar refractivity (Wildman–Crippen MR) is 284 cm³/mol. The van der Waals surface area contributed by atoms with Gasteiger partial charge in [0.1, 0.15) is 0 Å². The average molecular weight is 1100 g/mol. The highest BCUT2D eigenvalue weighted by atomic mass is 19.4. The van der Waals surface area contributed by atoms with E-state index in [1.807, 2.05) is 0 Å². The van der Waals surface area contributed by atoms with Crippen molar-refractivity contribution in [2.24, 2.45) is 0 Å². The molecule has 0 aliphatic rings. The number of benzene rings is 9. The van der Waals surface area contributed by atoms with Crippen LogP contribution in [-0.4, -0.2) is 39.7 Å². The Morgan fingerprint density at radius 1 is 0.212 bits per heavy atom. The fourth-order valence-corrected chi connectivity index (χ4v) is 9.98. The molecule has 0 saturated carbocycles. The van der Waals surface area contributed by atoms with Crippen LogP contribution in [0.1, 0.15) is 22.3 Å². The van der Waals surface area contributed by atoms with Crippen LogP contribution in [0, 0.1) is 0 Å². The summed E-state index contributed by atoms with van der Waals surface area (Å²) >= 11 is 0. The van der Waals surface area contributed by atoms with Crippen LogP contribution in [0.25, 0.3) is 34.2 Å². The maximum atomic E-state index is 15.5. The van der Waals surface area contributed by atoms with Crippen LogP contribution in [0.2, 0.25) is 0 Å². The van der Waals surface area contributed by atoms with Gasteiger partial charge in [-0.3, -0.25) is 0 Å². The van der Waals surface area contributed by atoms with Gasteiger partial charge >= 0.3 is 24.7 Å². The molecule has 10 rings (SSSR count). The highest BCUT2D eigenvalue weighted by Gasteiger charge is 2.73. The molecule has 0 N–H and O–H groups in total. The average Bonchev–Trinajstić information content (AvgIpc) is 3.51. The summed E-state index contributed by atoms with van der Waals surface area (Å²) in [6.45, 7) is 0. The lowest BCUT2D eigenvalue weighted by Crippen LogP contribution is -2.54. The van der Waals surface area contributed by atoms with Gasteiger partial charge in [-0.05, 0) is 95.1 Å². The molecule has 0 spiro atoms. The van der Waals surface area contributed by atoms with Gasteiger partial charge in [0.2, 0.25) is 10.8 Å². The van der Waals surface area contributed by atoms with Gasteiger partial charge in [0.25, 0.3) is 0 Å². The molecule has 402 valence electrons. The summed E-state index contributed by atoms with van der Waals surface area (Å²) in [6.07, 6.45) is -23.8. The van der Waals surface area contributed by atoms with E-state index < -0.39 is 57.8 Å². The van der Waals surface area contributed by atoms with E-state index >= 15 is 52.7 Å². The minimum atomic E-state index is -5.95. The Kier molecular flexibility index (Phi) is 14.3. The van der Waals surface area contributed by atoms with Crippen molar-refractivity contribution in [3.63, 3.8) is 0 Å². The van der Waals surface area contributed by atoms with E-state index in [-0.39, 0.29) is 40.0 Å². The molecule has 1 aromatic heterocycles. The molecular formula is C63H41F12N5. The lowest BCUT2D eigenvalue weighted by atomic mass is 9.72. The molecule has 0 unspecified atom stereocenters. The number of hydrogen-bond acceptors (Lipinski definition) is 5. The van der Waals surface area contributed by atoms with Gasteiger partial charge in [-0.2, -0.15) is 52.7 Å². The Bertz CT molecular complexity index is 3340. The molecule has 10 aromatic rings. The van der Waals surface area contributed by atoms with Crippen molar-refractivity contribution < 1.29 is 52.7 Å². The summed E-state index contributed by atoms with van der Waals surface area (Å²) < 4.78 is 186. The largest absolute Gasteiger partial charge is 0.411 e. The van der Waals surface area contributed by atoms with Crippen molar-refractivity contribution in [3.05, 3.63) is 271 Å². The van der Waals surface area contributed by atoms with Gasteiger partial charge in [0.15, 0.2) is 17.5 Å². The monoisotopic (exact) mass is 1100 g/mol. The molecule has 0 aliphatic carbocycles. The van der Waals surface area contributed by atoms with E-state index in [4.69, 9.17) is 0 Å². The Morgan fingerprint density at radius 3 is 0.625 bits per heavy atom. The van der Waals surface area contributed by atoms with E-state index in [1.165, 1.54) is 24.3 Å². The zero-order valence-electron chi connectivity index (χ0n) is 41.4. The van der Waals surface area contributed by atoms with Crippen molar-refractivity contribution in [1.82, 2.24) is 15.0 Å². The first kappa shape index (κ1) is 54.1. The maximum absolute atomic E-state index is 15.5. The lowest BCUT2D eigenvalue weighted by Gasteiger charge is -2.38. The first-order valence-electron chi connectivity index (χ1n) is 24.5. The summed E-state index contributed by atoms with van der Waals surface area (Å²) in [5, 5.41) is 0. The molecule has 80 heavy (non-hydrogen) atoms. The maximum Gasteiger partial charge on any atom is 0.411 e. The Labute approximate surface area is 450 Å². The Hall–Kier alpha value is -9.25. The van der Waals surface area contributed by atoms with Crippen molar-refractivity contribution in [1.29, 1.82) is 0 Å². The van der Waals surface area contributed by atoms with Crippen LogP contribution < -0.4 is 9.80 Å². The highest BCUT2D eigenvalue weighted by molar-refractivity contribution is 5.78. The minimum absolute atomic E-state index is 0.0844. The zero-order chi connectivity index (χ0) is 56.5. The summed E-state index contributed by atoms with van der Waals surface area (Å²) in [5.41, 5.74) is -10.7. The molecular weight excluding hydrogens is 1050 g/mol. The summed E-state index contributed by atoms with van der Waals surface area (Å²) in [7, 11) is 0. The topological polar surface area (TPSA) is 45.2 Å². The van der Waals surface area contributed by atoms with Crippen molar-refractivity contribution in [3.8, 4) is 34.2 Å². The SMILES string of the molecule is FC(F)(F)C(c1ccc(-c2nc(-c3ccccc3)nc(-c3ccc(C(c4ccc(N(c5ccccc5)c5ccccc5)cc4)(C(F)(F)F)C(F)(F)F)cc3)n2)cc1)(c1ccc(N(c2ccccc2)c2ccccc2)cc1)C(F)(F)F. The number of aromatic nitrogens is 3. The van der Waals surface area contributed by atoms with Crippen LogP contribution in [0.5, 0.6) is 0 Å². The lowest BCUT2D eigenvalue weighted by molar-refractivity contribution is -0.290. The molecule has 0 radical (unpaired) electrons. The van der Waals surface area contributed by atoms with Gasteiger partial charge in [-0.25, -0.2) is 15.0 Å². The quantitative estimate of drug-likeness (QED) is 0.108. The van der Waals surface area contributed by atoms with Crippen molar-refractivity contribution >= 4 is 34.1 Å². The molecule has 0 saturated heterocycles. The zero-order valence-corrected chi connectivity index (χ0v) is 41.4. The van der Waals surface area contributed by atoms with Gasteiger partial charge in [0, 0.05) is 50.8 Å². The van der Waals surface area contributed by atoms with Crippen LogP contribution >= 0.6 is 0 Å². The fraction of sp³-hybridized carbons (Fsp3) is 0.0952. The van der Waals surface area contributed by atoms with Gasteiger partial charge in [-0.1, -0.05) is 176 Å². The van der Waals surface area contributed by atoms with Gasteiger partial charge in [-0.15, -0.1) is 0 Å². The number of hydrogen-bond donors (Lipinski definition) is 0. The summed E-state index contributed by atoms with van der Waals surface area (Å²) in [6, 6.07) is 57.2. The first-order valence-corrected chi connectivity index (χ1v) is 24.5. The number of nitrogens with zero attached hydrogens (tertiary/aromatic N) is 5. The predicted octanol–water partition coefficient (Wildman–Crippen LogP) is 18.6. The Morgan fingerprint density at radius 2 is 0.400 bits per heavy atom. The normalized spacial score (nSPS) is 12.5. The van der Waals surface area contributed by atoms with E-state index in [1.54, 1.807) is 161 Å². The minimum Gasteiger partial charge on any atom is -0.311 e. The van der Waals surface area contributed by atoms with Crippen LogP contribution in [0.4, 0.5) is 86.8 Å². The van der Waals surface area contributed by atoms with Crippen molar-refractivity contribution in [2.45, 2.75) is 35.5 Å². The number of para-hydroxylation sites is 4. The van der Waals surface area contributed by atoms with E-state index in [0.717, 1.165) is 48.5 Å². The number of halogens is 12. The molecule has 0 atom stereocenters. The molecule has 0 fully saturated rings. The molecule has 0 amide bonds. The molecule has 0 aliphatic heterocycles. The van der Waals surface area contributed by atoms with E-state index in [9.17, 15) is 0 Å². The van der Waals surface area contributed by atoms with Crippen LogP contribution in [0.3, 0.4) is 0 Å². The summed E-state index contributed by atoms with van der Waals surface area (Å²) in [5.74, 6) is -0.667. The third kappa shape index (κ3) is 9.88. The number of rotatable bonds is 13. The molecule has 1 heterocycles.